The lowest BCUT2D eigenvalue weighted by Gasteiger charge is -2.43. The summed E-state index contributed by atoms with van der Waals surface area (Å²) in [5, 5.41) is 0. The van der Waals surface area contributed by atoms with Crippen molar-refractivity contribution in [2.24, 2.45) is 0 Å². The van der Waals surface area contributed by atoms with Crippen LogP contribution in [0.2, 0.25) is 0 Å². The second kappa shape index (κ2) is 6.22. The lowest BCUT2D eigenvalue weighted by molar-refractivity contribution is -0.979. The number of pyridine rings is 2. The summed E-state index contributed by atoms with van der Waals surface area (Å²) in [5.74, 6) is 2.40. The van der Waals surface area contributed by atoms with Crippen molar-refractivity contribution in [1.82, 2.24) is 0 Å². The molecule has 0 bridgehead atoms. The molecule has 0 radical (unpaired) electrons. The number of rotatable bonds is 0. The first kappa shape index (κ1) is 20.5. The predicted molar refractivity (Wildman–Crippen MR) is 159 cm³/mol. The summed E-state index contributed by atoms with van der Waals surface area (Å²) in [4.78, 5) is 5.49. The number of ether oxygens (including phenoxy) is 1. The van der Waals surface area contributed by atoms with Crippen LogP contribution in [0.4, 0.5) is 0 Å². The first-order valence-electron chi connectivity index (χ1n) is 14.6. The minimum atomic E-state index is -0.580. The number of hydrogen-bond acceptors (Lipinski definition) is 3. The summed E-state index contributed by atoms with van der Waals surface area (Å²) in [6, 6.07) is 32.1. The van der Waals surface area contributed by atoms with E-state index in [1.54, 1.807) is 0 Å². The van der Waals surface area contributed by atoms with Crippen LogP contribution in [-0.4, -0.2) is 0 Å². The van der Waals surface area contributed by atoms with Crippen LogP contribution < -0.4 is 13.9 Å². The molecule has 4 aromatic carbocycles. The van der Waals surface area contributed by atoms with Gasteiger partial charge in [-0.25, -0.2) is 0 Å². The lowest BCUT2D eigenvalue weighted by Crippen LogP contribution is -2.80. The van der Waals surface area contributed by atoms with E-state index in [1.807, 2.05) is 23.5 Å². The molecule has 0 saturated carbocycles. The van der Waals surface area contributed by atoms with Gasteiger partial charge in [0, 0.05) is 42.8 Å². The van der Waals surface area contributed by atoms with Crippen LogP contribution in [0, 0.1) is 0 Å². The fourth-order valence-corrected chi connectivity index (χ4v) is 12.1. The Bertz CT molecular complexity index is 2260. The molecule has 0 fully saturated rings. The van der Waals surface area contributed by atoms with Gasteiger partial charge in [-0.15, -0.1) is 9.13 Å². The van der Waals surface area contributed by atoms with Crippen LogP contribution in [-0.2, 0) is 5.66 Å². The van der Waals surface area contributed by atoms with Gasteiger partial charge in [-0.2, -0.15) is 0 Å². The molecule has 5 heteroatoms. The molecule has 0 saturated heterocycles. The maximum absolute atomic E-state index is 7.00. The largest absolute Gasteiger partial charge is 0.456 e. The number of nitrogens with zero attached hydrogens (tertiary/aromatic N) is 2. The molecule has 1 spiro atoms. The first-order valence-corrected chi connectivity index (χ1v) is 16.2. The van der Waals surface area contributed by atoms with Crippen LogP contribution in [0.3, 0.4) is 0 Å². The molecular weight excluding hydrogens is 553 g/mol. The van der Waals surface area contributed by atoms with Crippen molar-refractivity contribution in [3.63, 3.8) is 0 Å². The van der Waals surface area contributed by atoms with Gasteiger partial charge in [0.25, 0.3) is 0 Å². The van der Waals surface area contributed by atoms with Gasteiger partial charge in [0.15, 0.2) is 12.4 Å². The molecule has 0 amide bonds. The Morgan fingerprint density at radius 2 is 0.976 bits per heavy atom. The number of benzene rings is 4. The standard InChI is InChI=1S/C37H18N2OS2/c1-5-17-19-7-3-15-38-35(19)31-27(17)23(9-1)41-25-13-11-21-33(29(25)31)37(38)34-22(40-21)12-14-26-30(34)32-28-18(6-2-10-24(28)42-26)20-8-4-16-39(37)36(20)32/h1-16,31-32H/q+2. The molecule has 6 aromatic rings. The maximum atomic E-state index is 7.00. The molecule has 7 heterocycles. The number of aromatic nitrogens is 2. The normalized spacial score (nSPS) is 22.9. The highest BCUT2D eigenvalue weighted by molar-refractivity contribution is 7.99. The molecule has 2 aromatic heterocycles. The van der Waals surface area contributed by atoms with Crippen molar-refractivity contribution in [2.75, 3.05) is 0 Å². The van der Waals surface area contributed by atoms with Gasteiger partial charge in [-0.1, -0.05) is 47.8 Å². The maximum Gasteiger partial charge on any atom is 0.423 e. The van der Waals surface area contributed by atoms with Crippen LogP contribution >= 0.6 is 23.5 Å². The Morgan fingerprint density at radius 1 is 0.500 bits per heavy atom. The highest BCUT2D eigenvalue weighted by atomic mass is 32.2. The zero-order valence-electron chi connectivity index (χ0n) is 22.0. The molecule has 2 atom stereocenters. The van der Waals surface area contributed by atoms with E-state index in [2.05, 4.69) is 106 Å². The minimum absolute atomic E-state index is 0.210. The summed E-state index contributed by atoms with van der Waals surface area (Å²) in [7, 11) is 0. The lowest BCUT2D eigenvalue weighted by atomic mass is 9.69. The minimum Gasteiger partial charge on any atom is -0.456 e. The highest BCUT2D eigenvalue weighted by Gasteiger charge is 2.72. The van der Waals surface area contributed by atoms with Crippen LogP contribution in [0.5, 0.6) is 11.5 Å². The van der Waals surface area contributed by atoms with E-state index < -0.39 is 5.66 Å². The zero-order valence-corrected chi connectivity index (χ0v) is 23.6. The summed E-state index contributed by atoms with van der Waals surface area (Å²) in [6.45, 7) is 0. The van der Waals surface area contributed by atoms with E-state index in [9.17, 15) is 0 Å². The quantitative estimate of drug-likeness (QED) is 0.175. The molecule has 192 valence electrons. The van der Waals surface area contributed by atoms with Gasteiger partial charge >= 0.3 is 5.66 Å². The Morgan fingerprint density at radius 3 is 1.50 bits per heavy atom. The SMILES string of the molecule is c1cc2c3c(c1)-c1ccc[n+]4c1C3c1c(ccc3c1C41c4c(ccc5c4C4c6c(cccc6-c6ccc[n+]1c64)S5)O3)S2. The smallest absolute Gasteiger partial charge is 0.423 e. The van der Waals surface area contributed by atoms with Gasteiger partial charge in [0.05, 0.1) is 23.0 Å². The van der Waals surface area contributed by atoms with Crippen LogP contribution in [0.25, 0.3) is 22.3 Å². The molecule has 42 heavy (non-hydrogen) atoms. The van der Waals surface area contributed by atoms with E-state index in [-0.39, 0.29) is 11.8 Å². The van der Waals surface area contributed by atoms with E-state index in [0.717, 1.165) is 11.5 Å². The van der Waals surface area contributed by atoms with Crippen LogP contribution in [0.15, 0.2) is 117 Å². The van der Waals surface area contributed by atoms with Crippen molar-refractivity contribution < 1.29 is 13.9 Å². The van der Waals surface area contributed by atoms with Crippen LogP contribution in [0.1, 0.15) is 56.6 Å². The van der Waals surface area contributed by atoms with Crippen molar-refractivity contribution in [1.29, 1.82) is 0 Å². The molecule has 2 aliphatic carbocycles. The van der Waals surface area contributed by atoms with E-state index >= 15 is 0 Å². The van der Waals surface area contributed by atoms with E-state index in [1.165, 1.54) is 86.6 Å². The van der Waals surface area contributed by atoms with E-state index in [0.29, 0.717) is 0 Å². The topological polar surface area (TPSA) is 17.0 Å². The monoisotopic (exact) mass is 570 g/mol. The fraction of sp³-hybridized carbons (Fsp3) is 0.0811. The number of fused-ring (bicyclic) bond motifs is 2. The molecule has 2 unspecified atom stereocenters. The van der Waals surface area contributed by atoms with Gasteiger partial charge < -0.3 is 4.74 Å². The molecule has 5 aliphatic heterocycles. The predicted octanol–water partition coefficient (Wildman–Crippen LogP) is 7.54. The van der Waals surface area contributed by atoms with Crippen molar-refractivity contribution in [3.8, 4) is 33.8 Å². The Labute approximate surface area is 249 Å². The zero-order chi connectivity index (χ0) is 26.6. The Balaban J connectivity index is 1.32. The third-order valence-corrected chi connectivity index (χ3v) is 13.2. The third kappa shape index (κ3) is 1.82. The second-order valence-electron chi connectivity index (χ2n) is 12.3. The molecule has 3 nitrogen and oxygen atoms in total. The molecule has 0 N–H and O–H groups in total. The average Bonchev–Trinajstić information content (AvgIpc) is 3.56. The summed E-state index contributed by atoms with van der Waals surface area (Å²) >= 11 is 3.87. The first-order chi connectivity index (χ1) is 20.8. The molecular formula is C37H18N2OS2+2. The van der Waals surface area contributed by atoms with Gasteiger partial charge in [-0.3, -0.25) is 0 Å². The number of hydrogen-bond donors (Lipinski definition) is 0. The Hall–Kier alpha value is -4.32. The summed E-state index contributed by atoms with van der Waals surface area (Å²) < 4.78 is 12.3. The second-order valence-corrected chi connectivity index (χ2v) is 14.5. The summed E-state index contributed by atoms with van der Waals surface area (Å²) in [6.07, 6.45) is 4.71. The fourth-order valence-electron chi connectivity index (χ4n) is 9.70. The van der Waals surface area contributed by atoms with E-state index in [4.69, 9.17) is 4.74 Å². The van der Waals surface area contributed by atoms with Gasteiger partial charge in [0.2, 0.25) is 11.4 Å². The van der Waals surface area contributed by atoms with Gasteiger partial charge in [-0.05, 0) is 70.8 Å². The molecule has 13 rings (SSSR count). The third-order valence-electron chi connectivity index (χ3n) is 10.9. The highest BCUT2D eigenvalue weighted by Crippen LogP contribution is 2.67. The average molecular weight is 571 g/mol. The Kier molecular flexibility index (Phi) is 3.04. The molecule has 7 aliphatic rings. The van der Waals surface area contributed by atoms with Crippen molar-refractivity contribution in [3.05, 3.63) is 142 Å². The summed E-state index contributed by atoms with van der Waals surface area (Å²) in [5.41, 5.74) is 16.2. The van der Waals surface area contributed by atoms with Crippen molar-refractivity contribution in [2.45, 2.75) is 37.1 Å². The van der Waals surface area contributed by atoms with Crippen molar-refractivity contribution >= 4 is 23.5 Å². The van der Waals surface area contributed by atoms with Gasteiger partial charge in [0.1, 0.15) is 22.6 Å².